The largest absolute Gasteiger partial charge is 0.495 e. The fraction of sp³-hybridized carbons (Fsp3) is 0.471. The molecule has 1 heterocycles. The van der Waals surface area contributed by atoms with Crippen molar-refractivity contribution in [3.63, 3.8) is 0 Å². The minimum atomic E-state index is 0.0341. The summed E-state index contributed by atoms with van der Waals surface area (Å²) in [5, 5.41) is 6.24. The van der Waals surface area contributed by atoms with E-state index in [1.165, 1.54) is 5.56 Å². The average Bonchev–Trinajstić information content (AvgIpc) is 2.41. The van der Waals surface area contributed by atoms with Gasteiger partial charge in [-0.1, -0.05) is 33.4 Å². The van der Waals surface area contributed by atoms with E-state index in [1.54, 1.807) is 7.11 Å². The molecule has 1 aliphatic rings. The van der Waals surface area contributed by atoms with Gasteiger partial charge in [0.05, 0.1) is 18.8 Å². The maximum absolute atomic E-state index is 11.4. The highest BCUT2D eigenvalue weighted by atomic mass is 16.5. The van der Waals surface area contributed by atoms with Gasteiger partial charge < -0.3 is 15.4 Å². The highest BCUT2D eigenvalue weighted by molar-refractivity contribution is 5.79. The molecule has 1 aromatic carbocycles. The number of rotatable bonds is 3. The van der Waals surface area contributed by atoms with E-state index < -0.39 is 0 Å². The first kappa shape index (κ1) is 15.4. The Kier molecular flexibility index (Phi) is 4.26. The summed E-state index contributed by atoms with van der Waals surface area (Å²) in [7, 11) is 1.66. The van der Waals surface area contributed by atoms with Crippen LogP contribution in [0.2, 0.25) is 0 Å². The molecule has 0 aliphatic carbocycles. The maximum Gasteiger partial charge on any atom is 0.224 e. The summed E-state index contributed by atoms with van der Waals surface area (Å²) in [6.07, 6.45) is 1.26. The third-order valence-electron chi connectivity index (χ3n) is 3.78. The topological polar surface area (TPSA) is 50.4 Å². The van der Waals surface area contributed by atoms with Crippen LogP contribution in [-0.2, 0) is 10.2 Å². The number of hydrogen-bond acceptors (Lipinski definition) is 3. The van der Waals surface area contributed by atoms with E-state index >= 15 is 0 Å². The van der Waals surface area contributed by atoms with Gasteiger partial charge >= 0.3 is 0 Å². The van der Waals surface area contributed by atoms with Gasteiger partial charge in [0.25, 0.3) is 0 Å². The molecule has 0 bridgehead atoms. The first-order valence-electron chi connectivity index (χ1n) is 7.25. The van der Waals surface area contributed by atoms with E-state index in [-0.39, 0.29) is 17.4 Å². The molecule has 21 heavy (non-hydrogen) atoms. The number of benzene rings is 1. The normalized spacial score (nSPS) is 19.1. The lowest BCUT2D eigenvalue weighted by Crippen LogP contribution is -2.39. The fourth-order valence-corrected chi connectivity index (χ4v) is 2.41. The highest BCUT2D eigenvalue weighted by Gasteiger charge is 2.23. The predicted molar refractivity (Wildman–Crippen MR) is 85.6 cm³/mol. The Morgan fingerprint density at radius 2 is 2.10 bits per heavy atom. The van der Waals surface area contributed by atoms with Crippen LogP contribution in [-0.4, -0.2) is 19.1 Å². The third-order valence-corrected chi connectivity index (χ3v) is 3.78. The first-order valence-corrected chi connectivity index (χ1v) is 7.25. The number of amides is 1. The van der Waals surface area contributed by atoms with Crippen molar-refractivity contribution < 1.29 is 9.53 Å². The lowest BCUT2D eigenvalue weighted by Gasteiger charge is -2.28. The minimum absolute atomic E-state index is 0.0341. The zero-order valence-corrected chi connectivity index (χ0v) is 13.2. The van der Waals surface area contributed by atoms with Gasteiger partial charge in [0.2, 0.25) is 5.91 Å². The summed E-state index contributed by atoms with van der Waals surface area (Å²) >= 11 is 0. The number of carbonyl (C=O) groups is 1. The minimum Gasteiger partial charge on any atom is -0.495 e. The molecule has 0 aromatic heterocycles. The van der Waals surface area contributed by atoms with E-state index in [4.69, 9.17) is 4.74 Å². The molecule has 1 aromatic rings. The number of carbonyl (C=O) groups excluding carboxylic acids is 1. The molecule has 1 fully saturated rings. The summed E-state index contributed by atoms with van der Waals surface area (Å²) in [6, 6.07) is 6.21. The van der Waals surface area contributed by atoms with Crippen molar-refractivity contribution in [2.24, 2.45) is 0 Å². The SMILES string of the molecule is C=C1NC(=O)CCC1Nc1cc(C(C)(C)C)ccc1OC. The van der Waals surface area contributed by atoms with E-state index in [0.717, 1.165) is 23.6 Å². The molecule has 4 heteroatoms. The van der Waals surface area contributed by atoms with Gasteiger partial charge in [-0.2, -0.15) is 0 Å². The van der Waals surface area contributed by atoms with Gasteiger partial charge in [0.15, 0.2) is 0 Å². The second-order valence-corrected chi connectivity index (χ2v) is 6.47. The molecule has 1 saturated heterocycles. The second kappa shape index (κ2) is 5.80. The van der Waals surface area contributed by atoms with Crippen molar-refractivity contribution in [1.29, 1.82) is 0 Å². The van der Waals surface area contributed by atoms with Gasteiger partial charge in [-0.25, -0.2) is 0 Å². The summed E-state index contributed by atoms with van der Waals surface area (Å²) < 4.78 is 5.43. The molecular weight excluding hydrogens is 264 g/mol. The Hall–Kier alpha value is -1.97. The van der Waals surface area contributed by atoms with Crippen LogP contribution in [0.1, 0.15) is 39.2 Å². The molecular formula is C17H24N2O2. The Balaban J connectivity index is 2.25. The molecule has 4 nitrogen and oxygen atoms in total. The Bertz CT molecular complexity index is 558. The average molecular weight is 288 g/mol. The fourth-order valence-electron chi connectivity index (χ4n) is 2.41. The molecule has 0 saturated carbocycles. The molecule has 1 atom stereocenters. The van der Waals surface area contributed by atoms with Crippen LogP contribution in [0.15, 0.2) is 30.5 Å². The van der Waals surface area contributed by atoms with Crippen molar-refractivity contribution in [3.8, 4) is 5.75 Å². The van der Waals surface area contributed by atoms with Crippen LogP contribution in [0.5, 0.6) is 5.75 Å². The van der Waals surface area contributed by atoms with Crippen LogP contribution in [0, 0.1) is 0 Å². The maximum atomic E-state index is 11.4. The van der Waals surface area contributed by atoms with Gasteiger partial charge in [-0.3, -0.25) is 4.79 Å². The third kappa shape index (κ3) is 3.57. The van der Waals surface area contributed by atoms with E-state index in [1.807, 2.05) is 6.07 Å². The molecule has 2 N–H and O–H groups in total. The van der Waals surface area contributed by atoms with Crippen LogP contribution in [0.4, 0.5) is 5.69 Å². The molecule has 114 valence electrons. The lowest BCUT2D eigenvalue weighted by atomic mass is 9.86. The predicted octanol–water partition coefficient (Wildman–Crippen LogP) is 3.20. The zero-order valence-electron chi connectivity index (χ0n) is 13.2. The molecule has 1 amide bonds. The molecule has 1 aliphatic heterocycles. The van der Waals surface area contributed by atoms with Crippen molar-refractivity contribution in [2.45, 2.75) is 45.1 Å². The highest BCUT2D eigenvalue weighted by Crippen LogP contribution is 2.32. The Morgan fingerprint density at radius 1 is 1.38 bits per heavy atom. The van der Waals surface area contributed by atoms with Crippen LogP contribution in [0.25, 0.3) is 0 Å². The Labute approximate surface area is 126 Å². The summed E-state index contributed by atoms with van der Waals surface area (Å²) in [5.41, 5.74) is 2.96. The standard InChI is InChI=1S/C17H24N2O2/c1-11-13(7-9-16(20)18-11)19-14-10-12(17(2,3)4)6-8-15(14)21-5/h6,8,10,13,19H,1,7,9H2,2-5H3,(H,18,20). The van der Waals surface area contributed by atoms with Crippen LogP contribution < -0.4 is 15.4 Å². The van der Waals surface area contributed by atoms with Gasteiger partial charge in [-0.15, -0.1) is 0 Å². The number of piperidine rings is 1. The number of nitrogens with one attached hydrogen (secondary N) is 2. The number of ether oxygens (including phenoxy) is 1. The van der Waals surface area contributed by atoms with Crippen molar-refractivity contribution in [3.05, 3.63) is 36.0 Å². The van der Waals surface area contributed by atoms with Crippen LogP contribution >= 0.6 is 0 Å². The monoisotopic (exact) mass is 288 g/mol. The summed E-state index contributed by atoms with van der Waals surface area (Å²) in [6.45, 7) is 10.5. The first-order chi connectivity index (χ1) is 9.81. The lowest BCUT2D eigenvalue weighted by molar-refractivity contribution is -0.121. The van der Waals surface area contributed by atoms with E-state index in [0.29, 0.717) is 6.42 Å². The van der Waals surface area contributed by atoms with Gasteiger partial charge in [0.1, 0.15) is 5.75 Å². The smallest absolute Gasteiger partial charge is 0.224 e. The van der Waals surface area contributed by atoms with Crippen molar-refractivity contribution in [1.82, 2.24) is 5.32 Å². The van der Waals surface area contributed by atoms with E-state index in [2.05, 4.69) is 50.1 Å². The van der Waals surface area contributed by atoms with Gasteiger partial charge in [-0.05, 0) is 29.5 Å². The number of methoxy groups -OCH3 is 1. The molecule has 1 unspecified atom stereocenters. The second-order valence-electron chi connectivity index (χ2n) is 6.47. The van der Waals surface area contributed by atoms with Crippen molar-refractivity contribution in [2.75, 3.05) is 12.4 Å². The number of anilines is 1. The van der Waals surface area contributed by atoms with Gasteiger partial charge in [0, 0.05) is 12.1 Å². The van der Waals surface area contributed by atoms with Crippen molar-refractivity contribution >= 4 is 11.6 Å². The Morgan fingerprint density at radius 3 is 2.67 bits per heavy atom. The van der Waals surface area contributed by atoms with E-state index in [9.17, 15) is 4.79 Å². The quantitative estimate of drug-likeness (QED) is 0.898. The number of hydrogen-bond donors (Lipinski definition) is 2. The zero-order chi connectivity index (χ0) is 15.6. The molecule has 2 rings (SSSR count). The summed E-state index contributed by atoms with van der Waals surface area (Å²) in [5.74, 6) is 0.834. The van der Waals surface area contributed by atoms with Crippen LogP contribution in [0.3, 0.4) is 0 Å². The summed E-state index contributed by atoms with van der Waals surface area (Å²) in [4.78, 5) is 11.4. The molecule has 0 spiro atoms. The molecule has 0 radical (unpaired) electrons.